The van der Waals surface area contributed by atoms with Gasteiger partial charge in [-0.05, 0) is 25.8 Å². The molecular formula is C12H21N3O. The van der Waals surface area contributed by atoms with Gasteiger partial charge in [0.1, 0.15) is 5.69 Å². The predicted molar refractivity (Wildman–Crippen MR) is 64.7 cm³/mol. The minimum atomic E-state index is 0.553. The maximum Gasteiger partial charge on any atom is 0.235 e. The summed E-state index contributed by atoms with van der Waals surface area (Å²) in [6.07, 6.45) is 6.48. The van der Waals surface area contributed by atoms with E-state index >= 15 is 0 Å². The molecule has 1 atom stereocenters. The van der Waals surface area contributed by atoms with E-state index in [4.69, 9.17) is 4.74 Å². The van der Waals surface area contributed by atoms with Crippen molar-refractivity contribution in [2.24, 2.45) is 0 Å². The first-order valence-corrected chi connectivity index (χ1v) is 5.89. The highest BCUT2D eigenvalue weighted by molar-refractivity contribution is 5.17. The molecular weight excluding hydrogens is 202 g/mol. The number of hydrogen-bond acceptors (Lipinski definition) is 4. The highest BCUT2D eigenvalue weighted by atomic mass is 16.5. The van der Waals surface area contributed by atoms with Gasteiger partial charge in [0.05, 0.1) is 7.11 Å². The van der Waals surface area contributed by atoms with Gasteiger partial charge in [-0.3, -0.25) is 4.98 Å². The lowest BCUT2D eigenvalue weighted by molar-refractivity contribution is 0.385. The molecule has 0 fully saturated rings. The molecule has 0 amide bonds. The quantitative estimate of drug-likeness (QED) is 0.765. The van der Waals surface area contributed by atoms with E-state index in [0.717, 1.165) is 31.5 Å². The monoisotopic (exact) mass is 223 g/mol. The SMILES string of the molecule is CCNC(CC)CCc1nccnc1OC. The molecule has 1 aromatic heterocycles. The molecule has 1 N–H and O–H groups in total. The second-order valence-electron chi connectivity index (χ2n) is 3.71. The van der Waals surface area contributed by atoms with Crippen LogP contribution in [-0.4, -0.2) is 29.7 Å². The molecule has 1 rings (SSSR count). The summed E-state index contributed by atoms with van der Waals surface area (Å²) in [4.78, 5) is 8.44. The summed E-state index contributed by atoms with van der Waals surface area (Å²) in [5, 5.41) is 3.45. The molecule has 0 bridgehead atoms. The van der Waals surface area contributed by atoms with E-state index in [0.29, 0.717) is 11.9 Å². The lowest BCUT2D eigenvalue weighted by Gasteiger charge is -2.15. The summed E-state index contributed by atoms with van der Waals surface area (Å²) >= 11 is 0. The molecule has 1 aromatic rings. The lowest BCUT2D eigenvalue weighted by atomic mass is 10.1. The van der Waals surface area contributed by atoms with Crippen molar-refractivity contribution in [3.63, 3.8) is 0 Å². The van der Waals surface area contributed by atoms with Gasteiger partial charge in [-0.25, -0.2) is 4.98 Å². The summed E-state index contributed by atoms with van der Waals surface area (Å²) in [6.45, 7) is 5.34. The molecule has 90 valence electrons. The van der Waals surface area contributed by atoms with Crippen molar-refractivity contribution in [2.45, 2.75) is 39.2 Å². The van der Waals surface area contributed by atoms with Gasteiger partial charge in [0, 0.05) is 18.4 Å². The third-order valence-electron chi connectivity index (χ3n) is 2.64. The Morgan fingerprint density at radius 3 is 2.69 bits per heavy atom. The van der Waals surface area contributed by atoms with E-state index in [1.807, 2.05) is 0 Å². The largest absolute Gasteiger partial charge is 0.480 e. The van der Waals surface area contributed by atoms with Crippen molar-refractivity contribution in [3.05, 3.63) is 18.1 Å². The molecule has 0 saturated carbocycles. The Labute approximate surface area is 97.5 Å². The lowest BCUT2D eigenvalue weighted by Crippen LogP contribution is -2.28. The van der Waals surface area contributed by atoms with Gasteiger partial charge < -0.3 is 10.1 Å². The fraction of sp³-hybridized carbons (Fsp3) is 0.667. The van der Waals surface area contributed by atoms with Gasteiger partial charge in [0.2, 0.25) is 5.88 Å². The van der Waals surface area contributed by atoms with Crippen LogP contribution in [0.1, 0.15) is 32.4 Å². The topological polar surface area (TPSA) is 47.0 Å². The number of nitrogens with one attached hydrogen (secondary N) is 1. The number of methoxy groups -OCH3 is 1. The minimum Gasteiger partial charge on any atom is -0.480 e. The zero-order valence-electron chi connectivity index (χ0n) is 10.4. The van der Waals surface area contributed by atoms with E-state index in [9.17, 15) is 0 Å². The van der Waals surface area contributed by atoms with Gasteiger partial charge in [0.25, 0.3) is 0 Å². The number of hydrogen-bond donors (Lipinski definition) is 1. The molecule has 0 spiro atoms. The number of aromatic nitrogens is 2. The summed E-state index contributed by atoms with van der Waals surface area (Å²) in [7, 11) is 1.63. The van der Waals surface area contributed by atoms with Crippen molar-refractivity contribution in [3.8, 4) is 5.88 Å². The molecule has 1 unspecified atom stereocenters. The number of nitrogens with zero attached hydrogens (tertiary/aromatic N) is 2. The van der Waals surface area contributed by atoms with Gasteiger partial charge >= 0.3 is 0 Å². The Morgan fingerprint density at radius 2 is 2.06 bits per heavy atom. The van der Waals surface area contributed by atoms with Gasteiger partial charge in [-0.15, -0.1) is 0 Å². The molecule has 4 heteroatoms. The molecule has 1 heterocycles. The predicted octanol–water partition coefficient (Wildman–Crippen LogP) is 1.81. The van der Waals surface area contributed by atoms with E-state index in [1.54, 1.807) is 19.5 Å². The zero-order valence-corrected chi connectivity index (χ0v) is 10.4. The van der Waals surface area contributed by atoms with E-state index < -0.39 is 0 Å². The maximum atomic E-state index is 5.18. The second kappa shape index (κ2) is 7.17. The molecule has 4 nitrogen and oxygen atoms in total. The first-order valence-electron chi connectivity index (χ1n) is 5.89. The highest BCUT2D eigenvalue weighted by Crippen LogP contribution is 2.14. The number of ether oxygens (including phenoxy) is 1. The van der Waals surface area contributed by atoms with Crippen molar-refractivity contribution in [1.29, 1.82) is 0 Å². The Morgan fingerprint density at radius 1 is 1.31 bits per heavy atom. The Hall–Kier alpha value is -1.16. The van der Waals surface area contributed by atoms with Crippen LogP contribution in [0.5, 0.6) is 5.88 Å². The summed E-state index contributed by atoms with van der Waals surface area (Å²) < 4.78 is 5.18. The smallest absolute Gasteiger partial charge is 0.235 e. The van der Waals surface area contributed by atoms with Crippen molar-refractivity contribution >= 4 is 0 Å². The van der Waals surface area contributed by atoms with Crippen LogP contribution in [0, 0.1) is 0 Å². The zero-order chi connectivity index (χ0) is 11.8. The Kier molecular flexibility index (Phi) is 5.78. The highest BCUT2D eigenvalue weighted by Gasteiger charge is 2.09. The first-order chi connectivity index (χ1) is 7.81. The van der Waals surface area contributed by atoms with Gasteiger partial charge in [0.15, 0.2) is 0 Å². The third-order valence-corrected chi connectivity index (χ3v) is 2.64. The maximum absolute atomic E-state index is 5.18. The average molecular weight is 223 g/mol. The van der Waals surface area contributed by atoms with Crippen LogP contribution in [0.2, 0.25) is 0 Å². The van der Waals surface area contributed by atoms with E-state index in [2.05, 4.69) is 29.1 Å². The standard InChI is InChI=1S/C12H21N3O/c1-4-10(13-5-2)6-7-11-12(16-3)15-9-8-14-11/h8-10,13H,4-7H2,1-3H3. The van der Waals surface area contributed by atoms with Crippen LogP contribution in [0.15, 0.2) is 12.4 Å². The van der Waals surface area contributed by atoms with Crippen LogP contribution in [-0.2, 0) is 6.42 Å². The molecule has 0 aromatic carbocycles. The molecule has 16 heavy (non-hydrogen) atoms. The molecule has 0 aliphatic carbocycles. The van der Waals surface area contributed by atoms with Crippen molar-refractivity contribution in [2.75, 3.05) is 13.7 Å². The van der Waals surface area contributed by atoms with Crippen LogP contribution in [0.4, 0.5) is 0 Å². The molecule has 0 saturated heterocycles. The molecule has 0 radical (unpaired) electrons. The van der Waals surface area contributed by atoms with Gasteiger partial charge in [-0.2, -0.15) is 0 Å². The Balaban J connectivity index is 2.52. The minimum absolute atomic E-state index is 0.553. The van der Waals surface area contributed by atoms with Crippen LogP contribution >= 0.6 is 0 Å². The fourth-order valence-electron chi connectivity index (χ4n) is 1.75. The van der Waals surface area contributed by atoms with Crippen LogP contribution in [0.25, 0.3) is 0 Å². The first kappa shape index (κ1) is 12.9. The normalized spacial score (nSPS) is 12.4. The van der Waals surface area contributed by atoms with E-state index in [1.165, 1.54) is 0 Å². The Bertz CT molecular complexity index is 304. The third kappa shape index (κ3) is 3.77. The van der Waals surface area contributed by atoms with Crippen molar-refractivity contribution in [1.82, 2.24) is 15.3 Å². The summed E-state index contributed by atoms with van der Waals surface area (Å²) in [5.74, 6) is 0.647. The molecule has 0 aliphatic heterocycles. The second-order valence-corrected chi connectivity index (χ2v) is 3.71. The summed E-state index contributed by atoms with van der Waals surface area (Å²) in [5.41, 5.74) is 0.946. The van der Waals surface area contributed by atoms with Crippen molar-refractivity contribution < 1.29 is 4.74 Å². The molecule has 0 aliphatic rings. The van der Waals surface area contributed by atoms with E-state index in [-0.39, 0.29) is 0 Å². The summed E-state index contributed by atoms with van der Waals surface area (Å²) in [6, 6.07) is 0.553. The average Bonchev–Trinajstić information content (AvgIpc) is 2.34. The number of aryl methyl sites for hydroxylation is 1. The van der Waals surface area contributed by atoms with Gasteiger partial charge in [-0.1, -0.05) is 13.8 Å². The van der Waals surface area contributed by atoms with Crippen LogP contribution in [0.3, 0.4) is 0 Å². The fourth-order valence-corrected chi connectivity index (χ4v) is 1.75. The number of rotatable bonds is 7. The van der Waals surface area contributed by atoms with Crippen LogP contribution < -0.4 is 10.1 Å².